The first kappa shape index (κ1) is 8.31. The molecule has 62 valence electrons. The number of amides is 1. The van der Waals surface area contributed by atoms with Crippen molar-refractivity contribution in [3.63, 3.8) is 0 Å². The maximum atomic E-state index is 10.9. The first-order valence-electron chi connectivity index (χ1n) is 4.10. The molecule has 11 heavy (non-hydrogen) atoms. The fraction of sp³-hybridized carbons (Fsp3) is 0.667. The van der Waals surface area contributed by atoms with E-state index in [4.69, 9.17) is 5.73 Å². The van der Waals surface area contributed by atoms with Gasteiger partial charge in [0.2, 0.25) is 5.91 Å². The molecule has 1 amide bonds. The standard InChI is InChI=1S/C9H15NO/c1-6-4-3-5-8(7(6)2)9(10)11/h7-8H,1,3-5H2,2H3,(H2,10,11). The molecule has 2 nitrogen and oxygen atoms in total. The van der Waals surface area contributed by atoms with Gasteiger partial charge in [-0.3, -0.25) is 4.79 Å². The molecule has 1 fully saturated rings. The van der Waals surface area contributed by atoms with Crippen LogP contribution < -0.4 is 5.73 Å². The van der Waals surface area contributed by atoms with Gasteiger partial charge >= 0.3 is 0 Å². The molecule has 1 aliphatic carbocycles. The summed E-state index contributed by atoms with van der Waals surface area (Å²) in [5.41, 5.74) is 6.42. The SMILES string of the molecule is C=C1CCCC(C(N)=O)C1C. The largest absolute Gasteiger partial charge is 0.369 e. The molecular weight excluding hydrogens is 138 g/mol. The summed E-state index contributed by atoms with van der Waals surface area (Å²) >= 11 is 0. The van der Waals surface area contributed by atoms with Gasteiger partial charge in [0.05, 0.1) is 0 Å². The summed E-state index contributed by atoms with van der Waals surface area (Å²) in [5, 5.41) is 0. The van der Waals surface area contributed by atoms with Crippen molar-refractivity contribution in [1.82, 2.24) is 0 Å². The van der Waals surface area contributed by atoms with E-state index in [0.29, 0.717) is 5.92 Å². The molecule has 0 bridgehead atoms. The van der Waals surface area contributed by atoms with Gasteiger partial charge in [-0.25, -0.2) is 0 Å². The molecule has 1 saturated carbocycles. The Balaban J connectivity index is 2.65. The zero-order chi connectivity index (χ0) is 8.43. The average Bonchev–Trinajstić information content (AvgIpc) is 1.94. The van der Waals surface area contributed by atoms with Gasteiger partial charge in [0.1, 0.15) is 0 Å². The highest BCUT2D eigenvalue weighted by Crippen LogP contribution is 2.32. The normalized spacial score (nSPS) is 31.9. The van der Waals surface area contributed by atoms with Crippen LogP contribution in [0.3, 0.4) is 0 Å². The second-order valence-corrected chi connectivity index (χ2v) is 3.35. The average molecular weight is 153 g/mol. The quantitative estimate of drug-likeness (QED) is 0.569. The maximum absolute atomic E-state index is 10.9. The lowest BCUT2D eigenvalue weighted by molar-refractivity contribution is -0.123. The molecule has 0 aliphatic heterocycles. The zero-order valence-electron chi connectivity index (χ0n) is 6.97. The van der Waals surface area contributed by atoms with E-state index >= 15 is 0 Å². The predicted molar refractivity (Wildman–Crippen MR) is 44.8 cm³/mol. The van der Waals surface area contributed by atoms with Crippen LogP contribution in [-0.2, 0) is 4.79 Å². The van der Waals surface area contributed by atoms with Crippen molar-refractivity contribution in [2.45, 2.75) is 26.2 Å². The highest BCUT2D eigenvalue weighted by atomic mass is 16.1. The van der Waals surface area contributed by atoms with Crippen molar-refractivity contribution in [2.24, 2.45) is 17.6 Å². The van der Waals surface area contributed by atoms with Crippen molar-refractivity contribution < 1.29 is 4.79 Å². The summed E-state index contributed by atoms with van der Waals surface area (Å²) in [7, 11) is 0. The van der Waals surface area contributed by atoms with E-state index in [1.54, 1.807) is 0 Å². The van der Waals surface area contributed by atoms with Gasteiger partial charge in [0, 0.05) is 5.92 Å². The fourth-order valence-corrected chi connectivity index (χ4v) is 1.70. The van der Waals surface area contributed by atoms with Crippen LogP contribution in [0.15, 0.2) is 12.2 Å². The Bertz CT molecular complexity index is 186. The number of carbonyl (C=O) groups is 1. The van der Waals surface area contributed by atoms with E-state index in [0.717, 1.165) is 19.3 Å². The molecule has 0 aromatic rings. The topological polar surface area (TPSA) is 43.1 Å². The molecule has 1 rings (SSSR count). The number of hydrogen-bond acceptors (Lipinski definition) is 1. The number of nitrogens with two attached hydrogens (primary N) is 1. The van der Waals surface area contributed by atoms with Crippen LogP contribution in [0, 0.1) is 11.8 Å². The molecule has 0 aromatic carbocycles. The second kappa shape index (κ2) is 3.07. The minimum Gasteiger partial charge on any atom is -0.369 e. The number of hydrogen-bond donors (Lipinski definition) is 1. The van der Waals surface area contributed by atoms with E-state index < -0.39 is 0 Å². The van der Waals surface area contributed by atoms with E-state index in [-0.39, 0.29) is 11.8 Å². The lowest BCUT2D eigenvalue weighted by atomic mass is 9.77. The third-order valence-electron chi connectivity index (χ3n) is 2.63. The van der Waals surface area contributed by atoms with Gasteiger partial charge in [-0.05, 0) is 25.2 Å². The number of rotatable bonds is 1. The summed E-state index contributed by atoms with van der Waals surface area (Å²) in [6, 6.07) is 0. The van der Waals surface area contributed by atoms with Gasteiger partial charge < -0.3 is 5.73 Å². The van der Waals surface area contributed by atoms with Crippen LogP contribution >= 0.6 is 0 Å². The molecule has 2 atom stereocenters. The molecule has 0 radical (unpaired) electrons. The third kappa shape index (κ3) is 1.62. The van der Waals surface area contributed by atoms with Crippen molar-refractivity contribution >= 4 is 5.91 Å². The second-order valence-electron chi connectivity index (χ2n) is 3.35. The van der Waals surface area contributed by atoms with Crippen LogP contribution in [0.25, 0.3) is 0 Å². The molecule has 2 N–H and O–H groups in total. The number of allylic oxidation sites excluding steroid dienone is 1. The van der Waals surface area contributed by atoms with E-state index in [1.165, 1.54) is 5.57 Å². The van der Waals surface area contributed by atoms with Gasteiger partial charge in [0.15, 0.2) is 0 Å². The van der Waals surface area contributed by atoms with Crippen molar-refractivity contribution in [1.29, 1.82) is 0 Å². The fourth-order valence-electron chi connectivity index (χ4n) is 1.70. The Morgan fingerprint density at radius 1 is 1.73 bits per heavy atom. The monoisotopic (exact) mass is 153 g/mol. The summed E-state index contributed by atoms with van der Waals surface area (Å²) in [6.07, 6.45) is 3.07. The number of primary amides is 1. The van der Waals surface area contributed by atoms with Gasteiger partial charge in [0.25, 0.3) is 0 Å². The Morgan fingerprint density at radius 2 is 2.36 bits per heavy atom. The molecule has 2 heteroatoms. The summed E-state index contributed by atoms with van der Waals surface area (Å²) in [5.74, 6) is 0.163. The third-order valence-corrected chi connectivity index (χ3v) is 2.63. The lowest BCUT2D eigenvalue weighted by Gasteiger charge is -2.28. The Labute approximate surface area is 67.5 Å². The van der Waals surface area contributed by atoms with Crippen LogP contribution in [0.4, 0.5) is 0 Å². The molecule has 0 saturated heterocycles. The van der Waals surface area contributed by atoms with Gasteiger partial charge in [-0.1, -0.05) is 19.1 Å². The number of carbonyl (C=O) groups excluding carboxylic acids is 1. The van der Waals surface area contributed by atoms with Crippen LogP contribution in [0.5, 0.6) is 0 Å². The van der Waals surface area contributed by atoms with Crippen molar-refractivity contribution in [3.05, 3.63) is 12.2 Å². The van der Waals surface area contributed by atoms with Crippen LogP contribution in [-0.4, -0.2) is 5.91 Å². The van der Waals surface area contributed by atoms with Crippen molar-refractivity contribution in [3.8, 4) is 0 Å². The summed E-state index contributed by atoms with van der Waals surface area (Å²) < 4.78 is 0. The highest BCUT2D eigenvalue weighted by molar-refractivity contribution is 5.77. The lowest BCUT2D eigenvalue weighted by Crippen LogP contribution is -2.31. The van der Waals surface area contributed by atoms with Gasteiger partial charge in [-0.15, -0.1) is 0 Å². The maximum Gasteiger partial charge on any atom is 0.221 e. The minimum atomic E-state index is -0.168. The van der Waals surface area contributed by atoms with Crippen LogP contribution in [0.1, 0.15) is 26.2 Å². The Morgan fingerprint density at radius 3 is 2.82 bits per heavy atom. The van der Waals surface area contributed by atoms with E-state index in [1.807, 2.05) is 6.92 Å². The summed E-state index contributed by atoms with van der Waals surface area (Å²) in [6.45, 7) is 5.96. The zero-order valence-corrected chi connectivity index (χ0v) is 6.97. The minimum absolute atomic E-state index is 0.0382. The first-order chi connectivity index (χ1) is 5.13. The van der Waals surface area contributed by atoms with E-state index in [2.05, 4.69) is 6.58 Å². The van der Waals surface area contributed by atoms with Crippen LogP contribution in [0.2, 0.25) is 0 Å². The first-order valence-corrected chi connectivity index (χ1v) is 4.10. The molecule has 0 aromatic heterocycles. The summed E-state index contributed by atoms with van der Waals surface area (Å²) in [4.78, 5) is 10.9. The predicted octanol–water partition coefficient (Wildman–Crippen LogP) is 1.46. The molecule has 0 spiro atoms. The molecule has 0 heterocycles. The smallest absolute Gasteiger partial charge is 0.221 e. The highest BCUT2D eigenvalue weighted by Gasteiger charge is 2.27. The molecule has 2 unspecified atom stereocenters. The van der Waals surface area contributed by atoms with Gasteiger partial charge in [-0.2, -0.15) is 0 Å². The van der Waals surface area contributed by atoms with E-state index in [9.17, 15) is 4.79 Å². The van der Waals surface area contributed by atoms with Crippen molar-refractivity contribution in [2.75, 3.05) is 0 Å². The Kier molecular flexibility index (Phi) is 2.32. The Hall–Kier alpha value is -0.790. The molecule has 1 aliphatic rings. The molecular formula is C9H15NO.